The van der Waals surface area contributed by atoms with Crippen LogP contribution in [0.2, 0.25) is 0 Å². The Morgan fingerprint density at radius 2 is 1.75 bits per heavy atom. The number of carbonyl (C=O) groups excluding carboxylic acids is 1. The third-order valence-corrected chi connectivity index (χ3v) is 4.69. The number of nitrogens with zero attached hydrogens (tertiary/aromatic N) is 2. The lowest BCUT2D eigenvalue weighted by Crippen LogP contribution is -2.45. The summed E-state index contributed by atoms with van der Waals surface area (Å²) in [6, 6.07) is 5.11. The average Bonchev–Trinajstić information content (AvgIpc) is 3.32. The van der Waals surface area contributed by atoms with E-state index >= 15 is 0 Å². The number of hydrogen-bond donors (Lipinski definition) is 3. The highest BCUT2D eigenvalue weighted by atomic mass is 16.2. The lowest BCUT2D eigenvalue weighted by atomic mass is 10.1. The first-order valence-electron chi connectivity index (χ1n) is 9.07. The minimum atomic E-state index is -0.148. The number of hydrogen-bond acceptors (Lipinski definition) is 4. The van der Waals surface area contributed by atoms with Crippen LogP contribution in [-0.2, 0) is 0 Å². The number of pyridine rings is 1. The second kappa shape index (κ2) is 7.94. The summed E-state index contributed by atoms with van der Waals surface area (Å²) in [7, 11) is 0. The first kappa shape index (κ1) is 17.2. The van der Waals surface area contributed by atoms with Gasteiger partial charge in [-0.2, -0.15) is 0 Å². The fraction of sp³-hybridized carbons (Fsp3) is 0.667. The molecule has 6 heteroatoms. The van der Waals surface area contributed by atoms with Crippen LogP contribution in [0.1, 0.15) is 37.1 Å². The van der Waals surface area contributed by atoms with Crippen molar-refractivity contribution < 1.29 is 4.79 Å². The Balaban J connectivity index is 1.32. The number of nitrogens with one attached hydrogen (secondary N) is 3. The Labute approximate surface area is 144 Å². The van der Waals surface area contributed by atoms with E-state index in [0.29, 0.717) is 12.6 Å². The van der Waals surface area contributed by atoms with E-state index in [2.05, 4.69) is 25.8 Å². The molecular formula is C18H29N5O. The smallest absolute Gasteiger partial charge is 0.319 e. The van der Waals surface area contributed by atoms with Gasteiger partial charge in [-0.05, 0) is 64.8 Å². The van der Waals surface area contributed by atoms with Crippen LogP contribution in [0, 0.1) is 13.8 Å². The van der Waals surface area contributed by atoms with Crippen molar-refractivity contribution in [2.45, 2.75) is 51.6 Å². The molecule has 1 aromatic rings. The van der Waals surface area contributed by atoms with Crippen molar-refractivity contribution in [3.05, 3.63) is 23.5 Å². The molecule has 1 aromatic heterocycles. The molecule has 24 heavy (non-hydrogen) atoms. The number of rotatable bonds is 6. The molecule has 0 aromatic carbocycles. The molecule has 1 saturated heterocycles. The number of aryl methyl sites for hydroxylation is 2. The van der Waals surface area contributed by atoms with Crippen molar-refractivity contribution in [1.82, 2.24) is 20.5 Å². The van der Waals surface area contributed by atoms with Crippen LogP contribution in [0.25, 0.3) is 0 Å². The molecule has 2 fully saturated rings. The highest BCUT2D eigenvalue weighted by Gasteiger charge is 2.26. The van der Waals surface area contributed by atoms with Crippen molar-refractivity contribution in [3.8, 4) is 0 Å². The molecule has 1 saturated carbocycles. The van der Waals surface area contributed by atoms with Crippen molar-refractivity contribution in [1.29, 1.82) is 0 Å². The van der Waals surface area contributed by atoms with E-state index < -0.39 is 0 Å². The SMILES string of the molecule is Cc1cc(NC(=O)NCCN2CCC(NC3CC3)CC2)cc(C)n1. The monoisotopic (exact) mass is 331 g/mol. The van der Waals surface area contributed by atoms with Gasteiger partial charge in [0.05, 0.1) is 0 Å². The second-order valence-corrected chi connectivity index (χ2v) is 7.08. The van der Waals surface area contributed by atoms with Crippen molar-refractivity contribution in [2.24, 2.45) is 0 Å². The molecule has 1 aliphatic heterocycles. The number of anilines is 1. The molecule has 0 unspecified atom stereocenters. The lowest BCUT2D eigenvalue weighted by Gasteiger charge is -2.32. The number of amides is 2. The zero-order valence-corrected chi connectivity index (χ0v) is 14.8. The number of piperidine rings is 1. The molecule has 2 amide bonds. The summed E-state index contributed by atoms with van der Waals surface area (Å²) in [5, 5.41) is 9.53. The average molecular weight is 331 g/mol. The number of likely N-dealkylation sites (tertiary alicyclic amines) is 1. The number of urea groups is 1. The Kier molecular flexibility index (Phi) is 5.68. The zero-order valence-electron chi connectivity index (χ0n) is 14.8. The Bertz CT molecular complexity index is 544. The first-order valence-corrected chi connectivity index (χ1v) is 9.07. The van der Waals surface area contributed by atoms with E-state index in [-0.39, 0.29) is 6.03 Å². The minimum absolute atomic E-state index is 0.148. The molecular weight excluding hydrogens is 302 g/mol. The van der Waals surface area contributed by atoms with E-state index in [1.165, 1.54) is 25.7 Å². The predicted octanol–water partition coefficient (Wildman–Crippen LogP) is 2.04. The summed E-state index contributed by atoms with van der Waals surface area (Å²) in [6.45, 7) is 7.69. The maximum atomic E-state index is 12.0. The van der Waals surface area contributed by atoms with Gasteiger partial charge in [0.2, 0.25) is 0 Å². The van der Waals surface area contributed by atoms with E-state index in [0.717, 1.165) is 42.8 Å². The molecule has 0 radical (unpaired) electrons. The van der Waals surface area contributed by atoms with Gasteiger partial charge in [-0.25, -0.2) is 4.79 Å². The van der Waals surface area contributed by atoms with Crippen LogP contribution in [-0.4, -0.2) is 54.2 Å². The summed E-state index contributed by atoms with van der Waals surface area (Å²) in [5.41, 5.74) is 2.62. The van der Waals surface area contributed by atoms with Gasteiger partial charge in [-0.3, -0.25) is 4.98 Å². The Morgan fingerprint density at radius 1 is 1.12 bits per heavy atom. The van der Waals surface area contributed by atoms with Crippen LogP contribution in [0.3, 0.4) is 0 Å². The van der Waals surface area contributed by atoms with Gasteiger partial charge in [-0.1, -0.05) is 0 Å². The van der Waals surface area contributed by atoms with E-state index in [9.17, 15) is 4.79 Å². The molecule has 3 rings (SSSR count). The van der Waals surface area contributed by atoms with Gasteiger partial charge < -0.3 is 20.9 Å². The summed E-state index contributed by atoms with van der Waals surface area (Å²) in [4.78, 5) is 18.7. The summed E-state index contributed by atoms with van der Waals surface area (Å²) in [5.74, 6) is 0. The summed E-state index contributed by atoms with van der Waals surface area (Å²) < 4.78 is 0. The number of carbonyl (C=O) groups is 1. The fourth-order valence-corrected chi connectivity index (χ4v) is 3.32. The molecule has 0 atom stereocenters. The lowest BCUT2D eigenvalue weighted by molar-refractivity contribution is 0.197. The Morgan fingerprint density at radius 3 is 2.38 bits per heavy atom. The molecule has 1 aliphatic carbocycles. The molecule has 132 valence electrons. The fourth-order valence-electron chi connectivity index (χ4n) is 3.32. The maximum Gasteiger partial charge on any atom is 0.319 e. The van der Waals surface area contributed by atoms with Crippen molar-refractivity contribution in [3.63, 3.8) is 0 Å². The quantitative estimate of drug-likeness (QED) is 0.746. The molecule has 0 spiro atoms. The van der Waals surface area contributed by atoms with Gasteiger partial charge in [0.15, 0.2) is 0 Å². The minimum Gasteiger partial charge on any atom is -0.337 e. The van der Waals surface area contributed by atoms with E-state index in [4.69, 9.17) is 0 Å². The first-order chi connectivity index (χ1) is 11.6. The van der Waals surface area contributed by atoms with Gasteiger partial charge in [-0.15, -0.1) is 0 Å². The standard InChI is InChI=1S/C18H29N5O/c1-13-11-17(12-14(2)20-13)22-18(24)19-7-10-23-8-5-16(6-9-23)21-15-3-4-15/h11-12,15-16,21H,3-10H2,1-2H3,(H2,19,20,22,24). The van der Waals surface area contributed by atoms with Crippen molar-refractivity contribution in [2.75, 3.05) is 31.5 Å². The molecule has 3 N–H and O–H groups in total. The highest BCUT2D eigenvalue weighted by Crippen LogP contribution is 2.22. The van der Waals surface area contributed by atoms with Crippen LogP contribution in [0.15, 0.2) is 12.1 Å². The topological polar surface area (TPSA) is 69.3 Å². The van der Waals surface area contributed by atoms with Crippen LogP contribution < -0.4 is 16.0 Å². The van der Waals surface area contributed by atoms with Gasteiger partial charge in [0, 0.05) is 42.2 Å². The van der Waals surface area contributed by atoms with Gasteiger partial charge in [0.25, 0.3) is 0 Å². The Hall–Kier alpha value is -1.66. The molecule has 2 aliphatic rings. The van der Waals surface area contributed by atoms with Gasteiger partial charge >= 0.3 is 6.03 Å². The summed E-state index contributed by atoms with van der Waals surface area (Å²) >= 11 is 0. The largest absolute Gasteiger partial charge is 0.337 e. The summed E-state index contributed by atoms with van der Waals surface area (Å²) in [6.07, 6.45) is 5.15. The van der Waals surface area contributed by atoms with Crippen LogP contribution in [0.4, 0.5) is 10.5 Å². The van der Waals surface area contributed by atoms with E-state index in [1.807, 2.05) is 26.0 Å². The predicted molar refractivity (Wildman–Crippen MR) is 96.4 cm³/mol. The van der Waals surface area contributed by atoms with Gasteiger partial charge in [0.1, 0.15) is 0 Å². The highest BCUT2D eigenvalue weighted by molar-refractivity contribution is 5.89. The molecule has 6 nitrogen and oxygen atoms in total. The zero-order chi connectivity index (χ0) is 16.9. The third kappa shape index (κ3) is 5.46. The maximum absolute atomic E-state index is 12.0. The number of aromatic nitrogens is 1. The van der Waals surface area contributed by atoms with E-state index in [1.54, 1.807) is 0 Å². The van der Waals surface area contributed by atoms with Crippen LogP contribution in [0.5, 0.6) is 0 Å². The van der Waals surface area contributed by atoms with Crippen molar-refractivity contribution >= 4 is 11.7 Å². The second-order valence-electron chi connectivity index (χ2n) is 7.08. The normalized spacial score (nSPS) is 19.2. The van der Waals surface area contributed by atoms with Crippen LogP contribution >= 0.6 is 0 Å². The molecule has 2 heterocycles. The molecule has 0 bridgehead atoms. The third-order valence-electron chi connectivity index (χ3n) is 4.69.